The van der Waals surface area contributed by atoms with E-state index in [0.717, 1.165) is 0 Å². The molecule has 1 amide bonds. The van der Waals surface area contributed by atoms with Gasteiger partial charge in [0.05, 0.1) is 38.0 Å². The van der Waals surface area contributed by atoms with Gasteiger partial charge in [0.2, 0.25) is 6.10 Å². The van der Waals surface area contributed by atoms with Gasteiger partial charge in [-0.15, -0.1) is 0 Å². The predicted octanol–water partition coefficient (Wildman–Crippen LogP) is 1.50. The fourth-order valence-corrected chi connectivity index (χ4v) is 4.51. The number of rotatable bonds is 6. The summed E-state index contributed by atoms with van der Waals surface area (Å²) in [5.41, 5.74) is 0.314. The second kappa shape index (κ2) is 9.13. The number of ether oxygens (including phenoxy) is 5. The lowest BCUT2D eigenvalue weighted by molar-refractivity contribution is -0.145. The van der Waals surface area contributed by atoms with Crippen LogP contribution in [0.2, 0.25) is 0 Å². The van der Waals surface area contributed by atoms with Crippen molar-refractivity contribution in [2.45, 2.75) is 11.0 Å². The molecule has 10 nitrogen and oxygen atoms in total. The van der Waals surface area contributed by atoms with Gasteiger partial charge in [-0.2, -0.15) is 0 Å². The van der Waals surface area contributed by atoms with Gasteiger partial charge >= 0.3 is 0 Å². The second-order valence-corrected chi connectivity index (χ2v) is 8.82. The minimum atomic E-state index is -3.91. The first-order chi connectivity index (χ1) is 15.4. The summed E-state index contributed by atoms with van der Waals surface area (Å²) in [6.07, 6.45) is -0.784. The van der Waals surface area contributed by atoms with Crippen LogP contribution in [0.4, 0.5) is 5.69 Å². The van der Waals surface area contributed by atoms with Crippen molar-refractivity contribution in [3.63, 3.8) is 0 Å². The quantitative estimate of drug-likeness (QED) is 0.685. The molecule has 2 aliphatic heterocycles. The van der Waals surface area contributed by atoms with Gasteiger partial charge in [-0.3, -0.25) is 9.52 Å². The third-order valence-electron chi connectivity index (χ3n) is 5.12. The molecule has 0 saturated carbocycles. The van der Waals surface area contributed by atoms with Crippen LogP contribution < -0.4 is 23.7 Å². The first-order valence-electron chi connectivity index (χ1n) is 9.96. The van der Waals surface area contributed by atoms with Crippen molar-refractivity contribution in [2.75, 3.05) is 51.9 Å². The van der Waals surface area contributed by atoms with E-state index in [1.54, 1.807) is 17.0 Å². The van der Waals surface area contributed by atoms with Crippen LogP contribution >= 0.6 is 0 Å². The van der Waals surface area contributed by atoms with Gasteiger partial charge in [0, 0.05) is 25.2 Å². The second-order valence-electron chi connectivity index (χ2n) is 7.14. The van der Waals surface area contributed by atoms with Gasteiger partial charge in [0.1, 0.15) is 6.61 Å². The number of hydrogen-bond donors (Lipinski definition) is 1. The van der Waals surface area contributed by atoms with Gasteiger partial charge < -0.3 is 28.6 Å². The molecule has 1 fully saturated rings. The Morgan fingerprint density at radius 3 is 2.50 bits per heavy atom. The van der Waals surface area contributed by atoms with Crippen molar-refractivity contribution in [1.82, 2.24) is 4.90 Å². The minimum Gasteiger partial charge on any atom is -0.493 e. The van der Waals surface area contributed by atoms with Crippen molar-refractivity contribution in [2.24, 2.45) is 0 Å². The highest BCUT2D eigenvalue weighted by atomic mass is 32.2. The lowest BCUT2D eigenvalue weighted by Crippen LogP contribution is -2.50. The SMILES string of the molecule is COc1ccc(NS(=O)(=O)c2ccc3c(c2)OC[C@H](C(=O)N2CCOCC2)O3)cc1OC. The van der Waals surface area contributed by atoms with E-state index in [0.29, 0.717) is 49.2 Å². The summed E-state index contributed by atoms with van der Waals surface area (Å²) >= 11 is 0. The molecule has 0 unspecified atom stereocenters. The van der Waals surface area contributed by atoms with E-state index < -0.39 is 16.1 Å². The Kier molecular flexibility index (Phi) is 6.28. The number of anilines is 1. The fraction of sp³-hybridized carbons (Fsp3) is 0.381. The molecule has 0 aliphatic carbocycles. The fourth-order valence-electron chi connectivity index (χ4n) is 3.44. The highest BCUT2D eigenvalue weighted by Crippen LogP contribution is 2.35. The average Bonchev–Trinajstić information content (AvgIpc) is 2.83. The van der Waals surface area contributed by atoms with Crippen molar-refractivity contribution in [1.29, 1.82) is 0 Å². The molecule has 1 atom stereocenters. The molecule has 32 heavy (non-hydrogen) atoms. The molecule has 2 aromatic carbocycles. The van der Waals surface area contributed by atoms with Gasteiger partial charge in [-0.25, -0.2) is 8.42 Å². The summed E-state index contributed by atoms with van der Waals surface area (Å²) in [5, 5.41) is 0. The number of benzene rings is 2. The summed E-state index contributed by atoms with van der Waals surface area (Å²) in [4.78, 5) is 14.3. The maximum atomic E-state index is 12.9. The number of morpholine rings is 1. The molecule has 1 saturated heterocycles. The first-order valence-corrected chi connectivity index (χ1v) is 11.4. The van der Waals surface area contributed by atoms with E-state index in [1.807, 2.05) is 0 Å². The van der Waals surface area contributed by atoms with E-state index in [-0.39, 0.29) is 23.2 Å². The molecular formula is C21H24N2O8S. The van der Waals surface area contributed by atoms with Crippen LogP contribution in [0.5, 0.6) is 23.0 Å². The third kappa shape index (κ3) is 4.53. The van der Waals surface area contributed by atoms with Crippen molar-refractivity contribution in [3.05, 3.63) is 36.4 Å². The van der Waals surface area contributed by atoms with E-state index >= 15 is 0 Å². The Hall–Kier alpha value is -3.18. The van der Waals surface area contributed by atoms with Crippen LogP contribution in [-0.4, -0.2) is 72.5 Å². The third-order valence-corrected chi connectivity index (χ3v) is 6.50. The van der Waals surface area contributed by atoms with Crippen LogP contribution in [0, 0.1) is 0 Å². The predicted molar refractivity (Wildman–Crippen MR) is 114 cm³/mol. The van der Waals surface area contributed by atoms with E-state index in [1.165, 1.54) is 38.5 Å². The Morgan fingerprint density at radius 1 is 1.03 bits per heavy atom. The Bertz CT molecular complexity index is 1100. The Balaban J connectivity index is 1.49. The summed E-state index contributed by atoms with van der Waals surface area (Å²) in [5.74, 6) is 1.27. The number of fused-ring (bicyclic) bond motifs is 1. The smallest absolute Gasteiger partial charge is 0.267 e. The summed E-state index contributed by atoms with van der Waals surface area (Å²) in [6, 6.07) is 8.94. The van der Waals surface area contributed by atoms with Crippen molar-refractivity contribution < 1.29 is 36.9 Å². The zero-order valence-electron chi connectivity index (χ0n) is 17.7. The minimum absolute atomic E-state index is 0.00417. The lowest BCUT2D eigenvalue weighted by Gasteiger charge is -2.32. The van der Waals surface area contributed by atoms with Gasteiger partial charge in [0.15, 0.2) is 23.0 Å². The van der Waals surface area contributed by atoms with E-state index in [4.69, 9.17) is 23.7 Å². The zero-order chi connectivity index (χ0) is 22.7. The normalized spacial score (nSPS) is 18.1. The molecule has 1 N–H and O–H groups in total. The molecule has 0 spiro atoms. The number of nitrogens with one attached hydrogen (secondary N) is 1. The molecule has 0 aromatic heterocycles. The number of carbonyl (C=O) groups excluding carboxylic acids is 1. The highest BCUT2D eigenvalue weighted by molar-refractivity contribution is 7.92. The van der Waals surface area contributed by atoms with Crippen LogP contribution in [0.1, 0.15) is 0 Å². The molecule has 0 radical (unpaired) electrons. The number of carbonyl (C=O) groups is 1. The lowest BCUT2D eigenvalue weighted by atomic mass is 10.2. The first kappa shape index (κ1) is 22.0. The molecule has 2 aliphatic rings. The maximum absolute atomic E-state index is 12.9. The van der Waals surface area contributed by atoms with Gasteiger partial charge in [-0.05, 0) is 24.3 Å². The summed E-state index contributed by atoms with van der Waals surface area (Å²) in [7, 11) is -0.947. The molecule has 11 heteroatoms. The van der Waals surface area contributed by atoms with Gasteiger partial charge in [0.25, 0.3) is 15.9 Å². The van der Waals surface area contributed by atoms with Crippen LogP contribution in [0.3, 0.4) is 0 Å². The Labute approximate surface area is 186 Å². The monoisotopic (exact) mass is 464 g/mol. The average molecular weight is 464 g/mol. The number of methoxy groups -OCH3 is 2. The van der Waals surface area contributed by atoms with Crippen LogP contribution in [0.25, 0.3) is 0 Å². The van der Waals surface area contributed by atoms with E-state index in [2.05, 4.69) is 4.72 Å². The number of hydrogen-bond acceptors (Lipinski definition) is 8. The number of amides is 1. The molecule has 4 rings (SSSR count). The molecule has 0 bridgehead atoms. The highest BCUT2D eigenvalue weighted by Gasteiger charge is 2.32. The molecule has 172 valence electrons. The van der Waals surface area contributed by atoms with E-state index in [9.17, 15) is 13.2 Å². The summed E-state index contributed by atoms with van der Waals surface area (Å²) < 4.78 is 55.3. The van der Waals surface area contributed by atoms with Crippen molar-refractivity contribution >= 4 is 21.6 Å². The zero-order valence-corrected chi connectivity index (χ0v) is 18.5. The Morgan fingerprint density at radius 2 is 1.78 bits per heavy atom. The largest absolute Gasteiger partial charge is 0.493 e. The van der Waals surface area contributed by atoms with Crippen LogP contribution in [-0.2, 0) is 19.6 Å². The molecule has 2 aromatic rings. The number of sulfonamides is 1. The standard InChI is InChI=1S/C21H24N2O8S/c1-27-16-5-3-14(11-18(16)28-2)22-32(25,26)15-4-6-17-19(12-15)30-13-20(31-17)21(24)23-7-9-29-10-8-23/h3-6,11-12,20,22H,7-10,13H2,1-2H3/t20-/m1/s1. The maximum Gasteiger partial charge on any atom is 0.267 e. The van der Waals surface area contributed by atoms with Gasteiger partial charge in [-0.1, -0.05) is 0 Å². The summed E-state index contributed by atoms with van der Waals surface area (Å²) in [6.45, 7) is 1.99. The topological polar surface area (TPSA) is 113 Å². The van der Waals surface area contributed by atoms with Crippen molar-refractivity contribution in [3.8, 4) is 23.0 Å². The molecule has 2 heterocycles. The number of nitrogens with zero attached hydrogens (tertiary/aromatic N) is 1. The van der Waals surface area contributed by atoms with Crippen LogP contribution in [0.15, 0.2) is 41.3 Å². The molecular weight excluding hydrogens is 440 g/mol.